The van der Waals surface area contributed by atoms with E-state index in [1.807, 2.05) is 11.9 Å². The molecule has 0 aromatic rings. The van der Waals surface area contributed by atoms with Gasteiger partial charge in [-0.25, -0.2) is 0 Å². The molecule has 0 aromatic heterocycles. The molecule has 0 radical (unpaired) electrons. The van der Waals surface area contributed by atoms with Gasteiger partial charge in [-0.15, -0.1) is 0 Å². The maximum atomic E-state index is 11.6. The zero-order chi connectivity index (χ0) is 10.9. The topological polar surface area (TPSA) is 23.6 Å². The van der Waals surface area contributed by atoms with Crippen molar-refractivity contribution in [3.05, 3.63) is 0 Å². The summed E-state index contributed by atoms with van der Waals surface area (Å²) in [5.74, 6) is 0.821. The molecule has 1 fully saturated rings. The lowest BCUT2D eigenvalue weighted by molar-refractivity contribution is -0.129. The highest BCUT2D eigenvalue weighted by molar-refractivity contribution is 5.76. The maximum absolute atomic E-state index is 11.6. The summed E-state index contributed by atoms with van der Waals surface area (Å²) >= 11 is 0. The zero-order valence-corrected chi connectivity index (χ0v) is 10.0. The molecule has 0 aromatic carbocycles. The number of hydrogen-bond donors (Lipinski definition) is 0. The molecular formula is C11H22N2O. The monoisotopic (exact) mass is 198 g/mol. The fourth-order valence-electron chi connectivity index (χ4n) is 2.02. The van der Waals surface area contributed by atoms with Crippen molar-refractivity contribution in [3.8, 4) is 0 Å². The predicted molar refractivity (Wildman–Crippen MR) is 58.1 cm³/mol. The van der Waals surface area contributed by atoms with Crippen LogP contribution >= 0.6 is 0 Å². The molecule has 14 heavy (non-hydrogen) atoms. The number of likely N-dealkylation sites (N-methyl/N-ethyl adjacent to an activating group) is 2. The quantitative estimate of drug-likeness (QED) is 0.632. The van der Waals surface area contributed by atoms with Crippen LogP contribution in [0.3, 0.4) is 0 Å². The van der Waals surface area contributed by atoms with Crippen LogP contribution in [-0.4, -0.2) is 48.4 Å². The third-order valence-electron chi connectivity index (χ3n) is 3.76. The Balaban J connectivity index is 2.88. The van der Waals surface area contributed by atoms with Crippen LogP contribution in [0.2, 0.25) is 0 Å². The lowest BCUT2D eigenvalue weighted by Crippen LogP contribution is -2.53. The molecule has 3 nitrogen and oxygen atoms in total. The van der Waals surface area contributed by atoms with E-state index in [-0.39, 0.29) is 11.4 Å². The second-order valence-corrected chi connectivity index (χ2v) is 4.93. The van der Waals surface area contributed by atoms with Gasteiger partial charge in [0.25, 0.3) is 0 Å². The van der Waals surface area contributed by atoms with Crippen molar-refractivity contribution in [2.45, 2.75) is 32.7 Å². The van der Waals surface area contributed by atoms with Gasteiger partial charge in [-0.2, -0.15) is 0 Å². The Hall–Kier alpha value is -0.570. The first-order chi connectivity index (χ1) is 6.38. The van der Waals surface area contributed by atoms with E-state index in [1.165, 1.54) is 0 Å². The molecule has 0 saturated carbocycles. The van der Waals surface area contributed by atoms with Gasteiger partial charge in [0, 0.05) is 32.1 Å². The Morgan fingerprint density at radius 3 is 2.43 bits per heavy atom. The fraction of sp³-hybridized carbons (Fsp3) is 0.909. The first-order valence-corrected chi connectivity index (χ1v) is 5.33. The van der Waals surface area contributed by atoms with E-state index in [0.717, 1.165) is 13.1 Å². The highest BCUT2D eigenvalue weighted by atomic mass is 16.2. The van der Waals surface area contributed by atoms with E-state index in [1.54, 1.807) is 0 Å². The van der Waals surface area contributed by atoms with Crippen molar-refractivity contribution in [1.82, 2.24) is 9.80 Å². The summed E-state index contributed by atoms with van der Waals surface area (Å²) in [4.78, 5) is 15.8. The van der Waals surface area contributed by atoms with Gasteiger partial charge in [0.2, 0.25) is 5.91 Å². The van der Waals surface area contributed by atoms with Gasteiger partial charge in [-0.1, -0.05) is 13.8 Å². The first-order valence-electron chi connectivity index (χ1n) is 5.33. The predicted octanol–water partition coefficient (Wildman–Crippen LogP) is 1.19. The normalized spacial score (nSPS) is 31.0. The van der Waals surface area contributed by atoms with Crippen LogP contribution in [0, 0.1) is 5.92 Å². The molecule has 1 saturated heterocycles. The number of nitrogens with zero attached hydrogens (tertiary/aromatic N) is 2. The minimum atomic E-state index is 0.112. The third-order valence-corrected chi connectivity index (χ3v) is 3.76. The summed E-state index contributed by atoms with van der Waals surface area (Å²) in [7, 11) is 4.02. The van der Waals surface area contributed by atoms with Crippen LogP contribution in [0.4, 0.5) is 0 Å². The second-order valence-electron chi connectivity index (χ2n) is 4.93. The molecule has 0 aliphatic carbocycles. The Morgan fingerprint density at radius 2 is 1.93 bits per heavy atom. The molecule has 0 spiro atoms. The van der Waals surface area contributed by atoms with E-state index in [0.29, 0.717) is 12.3 Å². The van der Waals surface area contributed by atoms with Gasteiger partial charge >= 0.3 is 0 Å². The van der Waals surface area contributed by atoms with Crippen LogP contribution in [0.1, 0.15) is 27.2 Å². The van der Waals surface area contributed by atoms with Crippen molar-refractivity contribution >= 4 is 5.91 Å². The van der Waals surface area contributed by atoms with Gasteiger partial charge in [-0.05, 0) is 19.9 Å². The standard InChI is InChI=1S/C11H22N2O/c1-9(2)11(3)8-12(4)10(14)6-7-13(11)5/h9H,6-8H2,1-5H3. The Bertz CT molecular complexity index is 227. The van der Waals surface area contributed by atoms with Crippen LogP contribution < -0.4 is 0 Å². The second kappa shape index (κ2) is 3.89. The third kappa shape index (κ3) is 1.92. The highest BCUT2D eigenvalue weighted by Gasteiger charge is 2.37. The van der Waals surface area contributed by atoms with Crippen LogP contribution in [0.15, 0.2) is 0 Å². The minimum Gasteiger partial charge on any atom is -0.344 e. The van der Waals surface area contributed by atoms with Gasteiger partial charge < -0.3 is 4.90 Å². The summed E-state index contributed by atoms with van der Waals surface area (Å²) in [5, 5.41) is 0. The fourth-order valence-corrected chi connectivity index (χ4v) is 2.02. The van der Waals surface area contributed by atoms with E-state index >= 15 is 0 Å². The summed E-state index contributed by atoms with van der Waals surface area (Å²) in [5.41, 5.74) is 0.112. The van der Waals surface area contributed by atoms with Crippen molar-refractivity contribution in [3.63, 3.8) is 0 Å². The SMILES string of the molecule is CC(C)C1(C)CN(C)C(=O)CCN1C. The average molecular weight is 198 g/mol. The smallest absolute Gasteiger partial charge is 0.223 e. The summed E-state index contributed by atoms with van der Waals surface area (Å²) < 4.78 is 0. The molecule has 1 unspecified atom stereocenters. The zero-order valence-electron chi connectivity index (χ0n) is 10.0. The minimum absolute atomic E-state index is 0.112. The molecule has 0 N–H and O–H groups in total. The summed E-state index contributed by atoms with van der Waals surface area (Å²) in [6.45, 7) is 8.39. The number of carbonyl (C=O) groups excluding carboxylic acids is 1. The van der Waals surface area contributed by atoms with Gasteiger partial charge in [0.05, 0.1) is 0 Å². The lowest BCUT2D eigenvalue weighted by Gasteiger charge is -2.42. The number of hydrogen-bond acceptors (Lipinski definition) is 2. The van der Waals surface area contributed by atoms with E-state index in [4.69, 9.17) is 0 Å². The Labute approximate surface area is 87.1 Å². The average Bonchev–Trinajstić information content (AvgIpc) is 2.19. The summed E-state index contributed by atoms with van der Waals surface area (Å²) in [6, 6.07) is 0. The molecule has 82 valence electrons. The Kier molecular flexibility index (Phi) is 3.20. The van der Waals surface area contributed by atoms with Crippen LogP contribution in [0.5, 0.6) is 0 Å². The van der Waals surface area contributed by atoms with Crippen molar-refractivity contribution in [2.24, 2.45) is 5.92 Å². The molecule has 3 heteroatoms. The van der Waals surface area contributed by atoms with Crippen molar-refractivity contribution in [1.29, 1.82) is 0 Å². The van der Waals surface area contributed by atoms with Gasteiger partial charge in [-0.3, -0.25) is 9.69 Å². The van der Waals surface area contributed by atoms with Crippen LogP contribution in [0.25, 0.3) is 0 Å². The number of carbonyl (C=O) groups is 1. The summed E-state index contributed by atoms with van der Waals surface area (Å²) in [6.07, 6.45) is 0.648. The van der Waals surface area contributed by atoms with Crippen molar-refractivity contribution < 1.29 is 4.79 Å². The van der Waals surface area contributed by atoms with Crippen molar-refractivity contribution in [2.75, 3.05) is 27.2 Å². The highest BCUT2D eigenvalue weighted by Crippen LogP contribution is 2.26. The van der Waals surface area contributed by atoms with E-state index in [9.17, 15) is 4.79 Å². The number of amides is 1. The molecule has 1 heterocycles. The Morgan fingerprint density at radius 1 is 1.36 bits per heavy atom. The largest absolute Gasteiger partial charge is 0.344 e. The maximum Gasteiger partial charge on any atom is 0.223 e. The molecule has 1 aliphatic rings. The van der Waals surface area contributed by atoms with E-state index < -0.39 is 0 Å². The molecule has 1 atom stereocenters. The molecular weight excluding hydrogens is 176 g/mol. The van der Waals surface area contributed by atoms with Gasteiger partial charge in [0.1, 0.15) is 0 Å². The lowest BCUT2D eigenvalue weighted by atomic mass is 9.86. The van der Waals surface area contributed by atoms with Crippen LogP contribution in [-0.2, 0) is 4.79 Å². The first kappa shape index (κ1) is 11.5. The van der Waals surface area contributed by atoms with Gasteiger partial charge in [0.15, 0.2) is 0 Å². The van der Waals surface area contributed by atoms with E-state index in [2.05, 4.69) is 32.7 Å². The molecule has 1 aliphatic heterocycles. The molecule has 0 bridgehead atoms. The molecule has 1 rings (SSSR count). The molecule has 1 amide bonds. The number of rotatable bonds is 1.